The number of aryl methyl sites for hydroxylation is 1. The molecule has 0 aliphatic carbocycles. The third kappa shape index (κ3) is 3.16. The van der Waals surface area contributed by atoms with Crippen molar-refractivity contribution in [3.63, 3.8) is 0 Å². The highest BCUT2D eigenvalue weighted by Gasteiger charge is 2.19. The molecule has 0 radical (unpaired) electrons. The Kier molecular flexibility index (Phi) is 4.35. The zero-order chi connectivity index (χ0) is 14.8. The zero-order valence-corrected chi connectivity index (χ0v) is 13.6. The van der Waals surface area contributed by atoms with Crippen molar-refractivity contribution in [1.29, 1.82) is 0 Å². The van der Waals surface area contributed by atoms with E-state index in [4.69, 9.17) is 5.73 Å². The van der Waals surface area contributed by atoms with Gasteiger partial charge in [-0.3, -0.25) is 4.79 Å². The van der Waals surface area contributed by atoms with Crippen molar-refractivity contribution < 1.29 is 4.79 Å². The average molecular weight is 321 g/mol. The summed E-state index contributed by atoms with van der Waals surface area (Å²) < 4.78 is 0. The average Bonchev–Trinajstić information content (AvgIpc) is 2.82. The molecule has 3 rings (SSSR count). The molecular weight excluding hydrogens is 302 g/mol. The summed E-state index contributed by atoms with van der Waals surface area (Å²) in [5, 5.41) is 3.92. The summed E-state index contributed by atoms with van der Waals surface area (Å²) in [6.45, 7) is 2.69. The summed E-state index contributed by atoms with van der Waals surface area (Å²) in [5.41, 5.74) is 7.60. The molecule has 0 saturated carbocycles. The fraction of sp³-hybridized carbons (Fsp3) is 0.467. The number of nitrogens with zero attached hydrogens (tertiary/aromatic N) is 1. The minimum atomic E-state index is -0.0635. The van der Waals surface area contributed by atoms with Crippen LogP contribution in [0, 0.1) is 12.8 Å². The maximum atomic E-state index is 12.3. The summed E-state index contributed by atoms with van der Waals surface area (Å²) >= 11 is 3.38. The van der Waals surface area contributed by atoms with Crippen molar-refractivity contribution in [2.75, 3.05) is 23.8 Å². The van der Waals surface area contributed by atoms with Crippen molar-refractivity contribution in [3.8, 4) is 0 Å². The van der Waals surface area contributed by atoms with Gasteiger partial charge in [0.15, 0.2) is 0 Å². The Morgan fingerprint density at radius 2 is 2.19 bits per heavy atom. The largest absolute Gasteiger partial charge is 0.397 e. The van der Waals surface area contributed by atoms with Crippen LogP contribution in [-0.4, -0.2) is 28.9 Å². The first-order valence-corrected chi connectivity index (χ1v) is 9.14. The Balaban J connectivity index is 1.73. The van der Waals surface area contributed by atoms with E-state index in [1.807, 2.05) is 30.8 Å². The minimum absolute atomic E-state index is 0.0635. The smallest absolute Gasteiger partial charge is 0.263 e. The molecule has 1 saturated heterocycles. The number of fused-ring (bicyclic) bond motifs is 1. The second-order valence-corrected chi connectivity index (χ2v) is 7.64. The molecule has 0 bridgehead atoms. The zero-order valence-electron chi connectivity index (χ0n) is 12.0. The second kappa shape index (κ2) is 6.23. The van der Waals surface area contributed by atoms with Crippen LogP contribution in [0.25, 0.3) is 10.2 Å². The lowest BCUT2D eigenvalue weighted by atomic mass is 10.0. The van der Waals surface area contributed by atoms with Gasteiger partial charge in [-0.2, -0.15) is 11.8 Å². The van der Waals surface area contributed by atoms with Gasteiger partial charge in [-0.05, 0) is 49.3 Å². The molecule has 4 nitrogen and oxygen atoms in total. The van der Waals surface area contributed by atoms with Crippen molar-refractivity contribution in [2.45, 2.75) is 19.8 Å². The van der Waals surface area contributed by atoms with E-state index in [9.17, 15) is 4.79 Å². The van der Waals surface area contributed by atoms with E-state index in [0.29, 0.717) is 16.5 Å². The van der Waals surface area contributed by atoms with E-state index < -0.39 is 0 Å². The molecule has 3 heterocycles. The molecule has 1 aliphatic heterocycles. The standard InChI is InChI=1S/C15H19N3OS2/c1-9-2-3-11-12(16)13(21-15(11)18-9)14(19)17-8-10-4-6-20-7-5-10/h2-3,10H,4-8,16H2,1H3,(H,17,19). The van der Waals surface area contributed by atoms with Gasteiger partial charge in [0.25, 0.3) is 5.91 Å². The van der Waals surface area contributed by atoms with Gasteiger partial charge in [0, 0.05) is 17.6 Å². The van der Waals surface area contributed by atoms with Gasteiger partial charge < -0.3 is 11.1 Å². The van der Waals surface area contributed by atoms with Gasteiger partial charge in [-0.15, -0.1) is 11.3 Å². The van der Waals surface area contributed by atoms with Gasteiger partial charge in [0.05, 0.1) is 5.69 Å². The van der Waals surface area contributed by atoms with Crippen LogP contribution in [-0.2, 0) is 0 Å². The van der Waals surface area contributed by atoms with E-state index >= 15 is 0 Å². The molecule has 2 aromatic rings. The highest BCUT2D eigenvalue weighted by Crippen LogP contribution is 2.32. The Morgan fingerprint density at radius 1 is 1.43 bits per heavy atom. The maximum absolute atomic E-state index is 12.3. The van der Waals surface area contributed by atoms with Gasteiger partial charge >= 0.3 is 0 Å². The predicted molar refractivity (Wildman–Crippen MR) is 91.2 cm³/mol. The highest BCUT2D eigenvalue weighted by atomic mass is 32.2. The topological polar surface area (TPSA) is 68.0 Å². The summed E-state index contributed by atoms with van der Waals surface area (Å²) in [6, 6.07) is 3.87. The third-order valence-electron chi connectivity index (χ3n) is 3.83. The van der Waals surface area contributed by atoms with Crippen LogP contribution in [0.2, 0.25) is 0 Å². The number of nitrogens with two attached hydrogens (primary N) is 1. The van der Waals surface area contributed by atoms with Crippen LogP contribution in [0.3, 0.4) is 0 Å². The molecule has 1 aliphatic rings. The lowest BCUT2D eigenvalue weighted by Gasteiger charge is -2.21. The molecule has 1 amide bonds. The molecule has 6 heteroatoms. The summed E-state index contributed by atoms with van der Waals surface area (Å²) in [4.78, 5) is 18.2. The Morgan fingerprint density at radius 3 is 2.95 bits per heavy atom. The van der Waals surface area contributed by atoms with Gasteiger partial charge in [0.1, 0.15) is 9.71 Å². The molecule has 0 aromatic carbocycles. The number of hydrogen-bond donors (Lipinski definition) is 2. The maximum Gasteiger partial charge on any atom is 0.263 e. The quantitative estimate of drug-likeness (QED) is 0.911. The Hall–Kier alpha value is -1.27. The van der Waals surface area contributed by atoms with Gasteiger partial charge in [-0.25, -0.2) is 4.98 Å². The fourth-order valence-electron chi connectivity index (χ4n) is 2.53. The molecule has 0 spiro atoms. The number of rotatable bonds is 3. The minimum Gasteiger partial charge on any atom is -0.397 e. The van der Waals surface area contributed by atoms with E-state index in [1.165, 1.54) is 35.7 Å². The van der Waals surface area contributed by atoms with Crippen LogP contribution < -0.4 is 11.1 Å². The van der Waals surface area contributed by atoms with Crippen LogP contribution in [0.15, 0.2) is 12.1 Å². The monoisotopic (exact) mass is 321 g/mol. The van der Waals surface area contributed by atoms with Gasteiger partial charge in [0.2, 0.25) is 0 Å². The molecule has 112 valence electrons. The number of thioether (sulfide) groups is 1. The molecular formula is C15H19N3OS2. The van der Waals surface area contributed by atoms with Crippen molar-refractivity contribution in [1.82, 2.24) is 10.3 Å². The van der Waals surface area contributed by atoms with Crippen LogP contribution in [0.1, 0.15) is 28.2 Å². The predicted octanol–water partition coefficient (Wildman–Crippen LogP) is 3.06. The number of pyridine rings is 1. The lowest BCUT2D eigenvalue weighted by molar-refractivity contribution is 0.0951. The number of carbonyl (C=O) groups is 1. The second-order valence-electron chi connectivity index (χ2n) is 5.42. The van der Waals surface area contributed by atoms with Crippen molar-refractivity contribution in [3.05, 3.63) is 22.7 Å². The number of nitrogens with one attached hydrogen (secondary N) is 1. The van der Waals surface area contributed by atoms with E-state index in [-0.39, 0.29) is 5.91 Å². The molecule has 3 N–H and O–H groups in total. The number of nitrogen functional groups attached to an aromatic ring is 1. The number of thiophene rings is 1. The number of anilines is 1. The molecule has 0 unspecified atom stereocenters. The first kappa shape index (κ1) is 14.7. The van der Waals surface area contributed by atoms with E-state index in [1.54, 1.807) is 0 Å². The number of carbonyl (C=O) groups excluding carboxylic acids is 1. The first-order chi connectivity index (χ1) is 10.1. The lowest BCUT2D eigenvalue weighted by Crippen LogP contribution is -2.30. The van der Waals surface area contributed by atoms with E-state index in [2.05, 4.69) is 10.3 Å². The number of hydrogen-bond acceptors (Lipinski definition) is 5. The Bertz CT molecular complexity index is 662. The molecule has 0 atom stereocenters. The van der Waals surface area contributed by atoms with Crippen molar-refractivity contribution in [2.24, 2.45) is 5.92 Å². The number of aromatic nitrogens is 1. The normalized spacial score (nSPS) is 16.2. The number of amides is 1. The van der Waals surface area contributed by atoms with Crippen LogP contribution in [0.4, 0.5) is 5.69 Å². The fourth-order valence-corrected chi connectivity index (χ4v) is 4.79. The SMILES string of the molecule is Cc1ccc2c(N)c(C(=O)NCC3CCSCC3)sc2n1. The summed E-state index contributed by atoms with van der Waals surface area (Å²) in [5.74, 6) is 2.95. The molecule has 21 heavy (non-hydrogen) atoms. The summed E-state index contributed by atoms with van der Waals surface area (Å²) in [7, 11) is 0. The van der Waals surface area contributed by atoms with Crippen LogP contribution >= 0.6 is 23.1 Å². The van der Waals surface area contributed by atoms with Crippen molar-refractivity contribution >= 4 is 44.9 Å². The summed E-state index contributed by atoms with van der Waals surface area (Å²) in [6.07, 6.45) is 2.38. The third-order valence-corrected chi connectivity index (χ3v) is 5.99. The Labute approximate surface area is 132 Å². The first-order valence-electron chi connectivity index (χ1n) is 7.16. The van der Waals surface area contributed by atoms with Crippen LogP contribution in [0.5, 0.6) is 0 Å². The highest BCUT2D eigenvalue weighted by molar-refractivity contribution is 7.99. The van der Waals surface area contributed by atoms with Gasteiger partial charge in [-0.1, -0.05) is 0 Å². The molecule has 1 fully saturated rings. The van der Waals surface area contributed by atoms with E-state index in [0.717, 1.165) is 22.5 Å². The molecule has 2 aromatic heterocycles.